The van der Waals surface area contributed by atoms with Crippen LogP contribution in [0.15, 0.2) is 30.5 Å². The highest BCUT2D eigenvalue weighted by Gasteiger charge is 2.33. The van der Waals surface area contributed by atoms with Crippen molar-refractivity contribution in [3.05, 3.63) is 36.0 Å². The van der Waals surface area contributed by atoms with Gasteiger partial charge in [-0.1, -0.05) is 32.0 Å². The Balaban J connectivity index is 2.15. The first-order valence-electron chi connectivity index (χ1n) is 12.2. The summed E-state index contributed by atoms with van der Waals surface area (Å²) < 4.78 is 0. The van der Waals surface area contributed by atoms with Crippen molar-refractivity contribution in [3.63, 3.8) is 0 Å². The van der Waals surface area contributed by atoms with Crippen LogP contribution < -0.4 is 27.4 Å². The van der Waals surface area contributed by atoms with E-state index in [1.165, 1.54) is 0 Å². The van der Waals surface area contributed by atoms with Crippen molar-refractivity contribution in [1.82, 2.24) is 20.9 Å². The molecule has 4 atom stereocenters. The van der Waals surface area contributed by atoms with E-state index in [0.717, 1.165) is 10.9 Å². The SMILES string of the molecule is CC(C)C(NC(=O)C(N)CCC(N)=O)C(=O)NC(CC(=O)O)C(=O)NC(Cc1c[nH]c2ccccc12)C(=O)O. The Kier molecular flexibility index (Phi) is 11.0. The molecule has 0 saturated heterocycles. The number of aliphatic carboxylic acids is 2. The summed E-state index contributed by atoms with van der Waals surface area (Å²) in [5, 5.41) is 26.8. The number of hydrogen-bond donors (Lipinski definition) is 8. The van der Waals surface area contributed by atoms with Crippen molar-refractivity contribution in [1.29, 1.82) is 0 Å². The summed E-state index contributed by atoms with van der Waals surface area (Å²) in [6, 6.07) is 1.78. The minimum absolute atomic E-state index is 0.0509. The van der Waals surface area contributed by atoms with Crippen molar-refractivity contribution in [3.8, 4) is 0 Å². The van der Waals surface area contributed by atoms with Crippen molar-refractivity contribution < 1.29 is 39.0 Å². The van der Waals surface area contributed by atoms with Crippen LogP contribution in [0.3, 0.4) is 0 Å². The van der Waals surface area contributed by atoms with Gasteiger partial charge in [0.1, 0.15) is 18.1 Å². The number of amides is 4. The van der Waals surface area contributed by atoms with E-state index in [9.17, 15) is 39.0 Å². The number of carbonyl (C=O) groups is 6. The zero-order valence-electron chi connectivity index (χ0n) is 21.6. The summed E-state index contributed by atoms with van der Waals surface area (Å²) in [5.74, 6) is -6.56. The molecule has 14 heteroatoms. The Bertz CT molecular complexity index is 1230. The third-order valence-corrected chi connectivity index (χ3v) is 6.01. The maximum atomic E-state index is 13.0. The van der Waals surface area contributed by atoms with Gasteiger partial charge in [-0.2, -0.15) is 0 Å². The van der Waals surface area contributed by atoms with E-state index in [4.69, 9.17) is 11.5 Å². The molecular formula is C25H34N6O8. The number of rotatable bonds is 15. The third-order valence-electron chi connectivity index (χ3n) is 6.01. The number of aromatic nitrogens is 1. The van der Waals surface area contributed by atoms with Crippen molar-refractivity contribution >= 4 is 46.5 Å². The second-order valence-corrected chi connectivity index (χ2v) is 9.46. The van der Waals surface area contributed by atoms with Gasteiger partial charge < -0.3 is 42.6 Å². The summed E-state index contributed by atoms with van der Waals surface area (Å²) in [5.41, 5.74) is 12.2. The molecule has 2 rings (SSSR count). The highest BCUT2D eigenvalue weighted by atomic mass is 16.4. The van der Waals surface area contributed by atoms with E-state index in [2.05, 4.69) is 20.9 Å². The molecule has 4 amide bonds. The average molecular weight is 547 g/mol. The van der Waals surface area contributed by atoms with Gasteiger partial charge in [-0.15, -0.1) is 0 Å². The summed E-state index contributed by atoms with van der Waals surface area (Å²) in [6.07, 6.45) is 0.482. The number of aromatic amines is 1. The average Bonchev–Trinajstić information content (AvgIpc) is 3.26. The minimum atomic E-state index is -1.64. The molecule has 2 aromatic rings. The number of nitrogens with one attached hydrogen (secondary N) is 4. The predicted molar refractivity (Wildman–Crippen MR) is 139 cm³/mol. The van der Waals surface area contributed by atoms with Gasteiger partial charge in [-0.25, -0.2) is 4.79 Å². The Morgan fingerprint density at radius 2 is 1.56 bits per heavy atom. The number of fused-ring (bicyclic) bond motifs is 1. The molecule has 10 N–H and O–H groups in total. The fraction of sp³-hybridized carbons (Fsp3) is 0.440. The van der Waals surface area contributed by atoms with E-state index in [1.54, 1.807) is 44.3 Å². The molecule has 39 heavy (non-hydrogen) atoms. The molecule has 14 nitrogen and oxygen atoms in total. The fourth-order valence-electron chi connectivity index (χ4n) is 3.86. The van der Waals surface area contributed by atoms with E-state index >= 15 is 0 Å². The largest absolute Gasteiger partial charge is 0.481 e. The highest BCUT2D eigenvalue weighted by Crippen LogP contribution is 2.19. The van der Waals surface area contributed by atoms with Gasteiger partial charge in [0.05, 0.1) is 12.5 Å². The zero-order valence-corrected chi connectivity index (χ0v) is 21.6. The lowest BCUT2D eigenvalue weighted by atomic mass is 10.0. The molecule has 1 aromatic carbocycles. The monoisotopic (exact) mass is 546 g/mol. The summed E-state index contributed by atoms with van der Waals surface area (Å²) >= 11 is 0. The predicted octanol–water partition coefficient (Wildman–Crippen LogP) is -1.03. The minimum Gasteiger partial charge on any atom is -0.481 e. The molecule has 0 saturated carbocycles. The van der Waals surface area contributed by atoms with Gasteiger partial charge in [-0.05, 0) is 24.0 Å². The molecule has 0 fully saturated rings. The number of primary amides is 1. The molecule has 4 unspecified atom stereocenters. The topological polar surface area (TPSA) is 247 Å². The van der Waals surface area contributed by atoms with Gasteiger partial charge in [0.2, 0.25) is 23.6 Å². The first-order valence-corrected chi connectivity index (χ1v) is 12.2. The fourth-order valence-corrected chi connectivity index (χ4v) is 3.86. The van der Waals surface area contributed by atoms with E-state index in [-0.39, 0.29) is 19.3 Å². The van der Waals surface area contributed by atoms with Crippen LogP contribution in [0.2, 0.25) is 0 Å². The van der Waals surface area contributed by atoms with E-state index in [0.29, 0.717) is 5.56 Å². The molecule has 0 aliphatic heterocycles. The standard InChI is InChI=1S/C25H34N6O8/c1-12(2)21(31-22(35)15(26)7-8-19(27)32)24(37)29-17(10-20(33)34)23(36)30-18(25(38)39)9-13-11-28-16-6-4-3-5-14(13)16/h3-6,11-12,15,17-18,21,28H,7-10,26H2,1-2H3,(H2,27,32)(H,29,37)(H,30,36)(H,31,35)(H,33,34)(H,38,39). The van der Waals surface area contributed by atoms with Crippen LogP contribution >= 0.6 is 0 Å². The van der Waals surface area contributed by atoms with Crippen LogP contribution in [0, 0.1) is 5.92 Å². The number of hydrogen-bond acceptors (Lipinski definition) is 7. The Labute approximate surface area is 223 Å². The number of carboxylic acids is 2. The molecular weight excluding hydrogens is 512 g/mol. The van der Waals surface area contributed by atoms with Crippen LogP contribution in [0.5, 0.6) is 0 Å². The van der Waals surface area contributed by atoms with Gasteiger partial charge in [-0.3, -0.25) is 24.0 Å². The zero-order chi connectivity index (χ0) is 29.3. The van der Waals surface area contributed by atoms with E-state index < -0.39 is 72.1 Å². The molecule has 0 spiro atoms. The molecule has 0 aliphatic carbocycles. The molecule has 0 bridgehead atoms. The van der Waals surface area contributed by atoms with Crippen LogP contribution in [0.25, 0.3) is 10.9 Å². The van der Waals surface area contributed by atoms with Crippen LogP contribution in [0.1, 0.15) is 38.7 Å². The van der Waals surface area contributed by atoms with Gasteiger partial charge >= 0.3 is 11.9 Å². The van der Waals surface area contributed by atoms with Crippen molar-refractivity contribution in [2.45, 2.75) is 63.7 Å². The Hall–Kier alpha value is -4.46. The lowest BCUT2D eigenvalue weighted by molar-refractivity contribution is -0.143. The van der Waals surface area contributed by atoms with Crippen molar-refractivity contribution in [2.75, 3.05) is 0 Å². The summed E-state index contributed by atoms with van der Waals surface area (Å²) in [4.78, 5) is 75.7. The number of carboxylic acid groups (broad SMARTS) is 2. The Morgan fingerprint density at radius 1 is 0.923 bits per heavy atom. The lowest BCUT2D eigenvalue weighted by Crippen LogP contribution is -2.58. The van der Waals surface area contributed by atoms with Gasteiger partial charge in [0, 0.05) is 29.9 Å². The highest BCUT2D eigenvalue weighted by molar-refractivity contribution is 5.96. The first-order chi connectivity index (χ1) is 18.3. The smallest absolute Gasteiger partial charge is 0.326 e. The molecule has 0 radical (unpaired) electrons. The van der Waals surface area contributed by atoms with Crippen molar-refractivity contribution in [2.24, 2.45) is 17.4 Å². The molecule has 1 aromatic heterocycles. The quantitative estimate of drug-likeness (QED) is 0.136. The third kappa shape index (κ3) is 9.10. The maximum Gasteiger partial charge on any atom is 0.326 e. The normalized spacial score (nSPS) is 14.2. The second-order valence-electron chi connectivity index (χ2n) is 9.46. The number of H-pyrrole nitrogens is 1. The molecule has 0 aliphatic rings. The number of nitrogens with two attached hydrogens (primary N) is 2. The molecule has 1 heterocycles. The lowest BCUT2D eigenvalue weighted by Gasteiger charge is -2.26. The van der Waals surface area contributed by atoms with E-state index in [1.807, 2.05) is 0 Å². The second kappa shape index (κ2) is 13.9. The van der Waals surface area contributed by atoms with Gasteiger partial charge in [0.25, 0.3) is 0 Å². The maximum absolute atomic E-state index is 13.0. The van der Waals surface area contributed by atoms with Crippen LogP contribution in [-0.4, -0.2) is 74.9 Å². The van der Waals surface area contributed by atoms with Crippen LogP contribution in [-0.2, 0) is 35.2 Å². The number of benzene rings is 1. The Morgan fingerprint density at radius 3 is 2.15 bits per heavy atom. The van der Waals surface area contributed by atoms with Crippen LogP contribution in [0.4, 0.5) is 0 Å². The van der Waals surface area contributed by atoms with Gasteiger partial charge in [0.15, 0.2) is 0 Å². The first kappa shape index (κ1) is 30.8. The number of para-hydroxylation sites is 1. The molecule has 212 valence electrons. The number of carbonyl (C=O) groups excluding carboxylic acids is 4. The summed E-state index contributed by atoms with van der Waals surface area (Å²) in [7, 11) is 0. The summed E-state index contributed by atoms with van der Waals surface area (Å²) in [6.45, 7) is 3.21.